The minimum atomic E-state index is -3.94. The van der Waals surface area contributed by atoms with Crippen LogP contribution in [0.5, 0.6) is 0 Å². The summed E-state index contributed by atoms with van der Waals surface area (Å²) in [6.45, 7) is 5.20. The number of halogens is 1. The first-order valence-corrected chi connectivity index (χ1v) is 12.0. The van der Waals surface area contributed by atoms with Gasteiger partial charge in [-0.15, -0.1) is 0 Å². The Kier molecular flexibility index (Phi) is 5.05. The van der Waals surface area contributed by atoms with Crippen LogP contribution in [-0.2, 0) is 14.8 Å². The van der Waals surface area contributed by atoms with Crippen LogP contribution in [0.2, 0.25) is 0 Å². The number of rotatable bonds is 6. The number of hydrogen-bond donors (Lipinski definition) is 1. The Hall–Kier alpha value is -1.47. The highest BCUT2D eigenvalue weighted by Crippen LogP contribution is 2.57. The standard InChI is InChI=1S/C22H31FN2O3S/c1-13-6-18(23)4-5-19(13)29(27,28)25(22(2,3)12-20(24)26)21-16-8-14-7-15(10-16)11-17(21)9-14/h4-6,14-17,21H,7-12H2,1-3H3,(H2,24,26). The lowest BCUT2D eigenvalue weighted by atomic mass is 9.54. The van der Waals surface area contributed by atoms with Crippen molar-refractivity contribution in [3.8, 4) is 0 Å². The van der Waals surface area contributed by atoms with Gasteiger partial charge in [0.2, 0.25) is 15.9 Å². The number of aryl methyl sites for hydroxylation is 1. The van der Waals surface area contributed by atoms with Gasteiger partial charge in [0.15, 0.2) is 0 Å². The summed E-state index contributed by atoms with van der Waals surface area (Å²) in [6.07, 6.45) is 5.44. The summed E-state index contributed by atoms with van der Waals surface area (Å²) in [5, 5.41) is 0. The lowest BCUT2D eigenvalue weighted by Crippen LogP contribution is -2.63. The number of sulfonamides is 1. The van der Waals surface area contributed by atoms with Crippen molar-refractivity contribution in [2.24, 2.45) is 29.4 Å². The molecule has 4 aliphatic rings. The Morgan fingerprint density at radius 3 is 2.17 bits per heavy atom. The third-order valence-electron chi connectivity index (χ3n) is 7.33. The monoisotopic (exact) mass is 422 g/mol. The van der Waals surface area contributed by atoms with Gasteiger partial charge in [-0.25, -0.2) is 12.8 Å². The summed E-state index contributed by atoms with van der Waals surface area (Å²) in [7, 11) is -3.94. The lowest BCUT2D eigenvalue weighted by Gasteiger charge is -2.59. The Morgan fingerprint density at radius 2 is 1.69 bits per heavy atom. The molecule has 0 radical (unpaired) electrons. The van der Waals surface area contributed by atoms with E-state index in [2.05, 4.69) is 0 Å². The van der Waals surface area contributed by atoms with Crippen LogP contribution in [0.1, 0.15) is 57.9 Å². The Labute approximate surface area is 172 Å². The highest BCUT2D eigenvalue weighted by atomic mass is 32.2. The first kappa shape index (κ1) is 20.8. The number of benzene rings is 1. The van der Waals surface area contributed by atoms with Crippen molar-refractivity contribution in [3.05, 3.63) is 29.6 Å². The quantitative estimate of drug-likeness (QED) is 0.761. The highest BCUT2D eigenvalue weighted by molar-refractivity contribution is 7.89. The molecular formula is C22H31FN2O3S. The fourth-order valence-corrected chi connectivity index (χ4v) is 8.98. The second kappa shape index (κ2) is 7.05. The van der Waals surface area contributed by atoms with Crippen molar-refractivity contribution in [2.45, 2.75) is 75.8 Å². The van der Waals surface area contributed by atoms with Crippen LogP contribution >= 0.6 is 0 Å². The number of amides is 1. The SMILES string of the molecule is Cc1cc(F)ccc1S(=O)(=O)N(C1C2CC3CC(C2)CC1C3)C(C)(C)CC(N)=O. The Balaban J connectivity index is 1.82. The molecule has 0 aromatic heterocycles. The molecule has 5 nitrogen and oxygen atoms in total. The van der Waals surface area contributed by atoms with E-state index in [0.717, 1.165) is 25.7 Å². The number of hydrogen-bond acceptors (Lipinski definition) is 3. The van der Waals surface area contributed by atoms with Gasteiger partial charge in [-0.1, -0.05) is 0 Å². The summed E-state index contributed by atoms with van der Waals surface area (Å²) in [5.74, 6) is 1.05. The zero-order chi connectivity index (χ0) is 21.1. The van der Waals surface area contributed by atoms with Crippen LogP contribution in [0.3, 0.4) is 0 Å². The molecule has 4 fully saturated rings. The van der Waals surface area contributed by atoms with Gasteiger partial charge < -0.3 is 5.73 Å². The maximum absolute atomic E-state index is 14.0. The van der Waals surface area contributed by atoms with Crippen LogP contribution in [0.4, 0.5) is 4.39 Å². The van der Waals surface area contributed by atoms with Crippen molar-refractivity contribution in [2.75, 3.05) is 0 Å². The molecule has 0 unspecified atom stereocenters. The molecule has 0 heterocycles. The molecule has 0 atom stereocenters. The molecule has 0 aliphatic heterocycles. The maximum atomic E-state index is 14.0. The average Bonchev–Trinajstić information content (AvgIpc) is 2.55. The second-order valence-electron chi connectivity index (χ2n) is 10.1. The van der Waals surface area contributed by atoms with E-state index in [9.17, 15) is 17.6 Å². The van der Waals surface area contributed by atoms with Crippen molar-refractivity contribution in [3.63, 3.8) is 0 Å². The third-order valence-corrected chi connectivity index (χ3v) is 9.59. The van der Waals surface area contributed by atoms with Gasteiger partial charge in [0.25, 0.3) is 0 Å². The van der Waals surface area contributed by atoms with Crippen molar-refractivity contribution >= 4 is 15.9 Å². The molecule has 1 aromatic carbocycles. The van der Waals surface area contributed by atoms with Gasteiger partial charge in [-0.2, -0.15) is 4.31 Å². The Morgan fingerprint density at radius 1 is 1.14 bits per heavy atom. The molecule has 2 N–H and O–H groups in total. The van der Waals surface area contributed by atoms with E-state index in [-0.39, 0.29) is 17.4 Å². The molecule has 1 aromatic rings. The summed E-state index contributed by atoms with van der Waals surface area (Å²) >= 11 is 0. The molecule has 0 saturated heterocycles. The van der Waals surface area contributed by atoms with Crippen LogP contribution in [-0.4, -0.2) is 30.2 Å². The van der Waals surface area contributed by atoms with Crippen LogP contribution in [0.25, 0.3) is 0 Å². The minimum Gasteiger partial charge on any atom is -0.370 e. The van der Waals surface area contributed by atoms with Crippen molar-refractivity contribution in [1.29, 1.82) is 0 Å². The molecule has 29 heavy (non-hydrogen) atoms. The zero-order valence-corrected chi connectivity index (χ0v) is 18.2. The first-order chi connectivity index (χ1) is 13.5. The smallest absolute Gasteiger partial charge is 0.244 e. The second-order valence-corrected chi connectivity index (χ2v) is 11.9. The molecule has 4 aliphatic carbocycles. The fraction of sp³-hybridized carbons (Fsp3) is 0.682. The van der Waals surface area contributed by atoms with E-state index in [0.29, 0.717) is 29.2 Å². The van der Waals surface area contributed by atoms with Crippen LogP contribution in [0.15, 0.2) is 23.1 Å². The molecular weight excluding hydrogens is 391 g/mol. The molecule has 7 heteroatoms. The van der Waals surface area contributed by atoms with Crippen LogP contribution in [0, 0.1) is 36.4 Å². The average molecular weight is 423 g/mol. The highest BCUT2D eigenvalue weighted by Gasteiger charge is 2.55. The number of nitrogens with zero attached hydrogens (tertiary/aromatic N) is 1. The van der Waals surface area contributed by atoms with Gasteiger partial charge in [0, 0.05) is 18.0 Å². The third kappa shape index (κ3) is 3.61. The normalized spacial score (nSPS) is 31.4. The summed E-state index contributed by atoms with van der Waals surface area (Å²) in [5.41, 5.74) is 4.94. The predicted molar refractivity (Wildman–Crippen MR) is 109 cm³/mol. The molecule has 0 spiro atoms. The summed E-state index contributed by atoms with van der Waals surface area (Å²) < 4.78 is 43.2. The minimum absolute atomic E-state index is 0.0464. The van der Waals surface area contributed by atoms with E-state index in [1.54, 1.807) is 25.1 Å². The van der Waals surface area contributed by atoms with E-state index >= 15 is 0 Å². The zero-order valence-electron chi connectivity index (χ0n) is 17.4. The fourth-order valence-electron chi connectivity index (χ4n) is 6.68. The number of carbonyl (C=O) groups is 1. The van der Waals surface area contributed by atoms with Gasteiger partial charge in [0.1, 0.15) is 5.82 Å². The summed E-state index contributed by atoms with van der Waals surface area (Å²) in [4.78, 5) is 12.0. The van der Waals surface area contributed by atoms with E-state index in [1.165, 1.54) is 24.6 Å². The van der Waals surface area contributed by atoms with E-state index in [4.69, 9.17) is 5.73 Å². The van der Waals surface area contributed by atoms with Gasteiger partial charge >= 0.3 is 0 Å². The molecule has 4 saturated carbocycles. The van der Waals surface area contributed by atoms with Gasteiger partial charge in [0.05, 0.1) is 4.90 Å². The molecule has 4 bridgehead atoms. The Bertz CT molecular complexity index is 900. The topological polar surface area (TPSA) is 80.5 Å². The van der Waals surface area contributed by atoms with Gasteiger partial charge in [-0.05, 0) is 100 Å². The van der Waals surface area contributed by atoms with E-state index < -0.39 is 27.3 Å². The van der Waals surface area contributed by atoms with Crippen LogP contribution < -0.4 is 5.73 Å². The van der Waals surface area contributed by atoms with Gasteiger partial charge in [-0.3, -0.25) is 4.79 Å². The maximum Gasteiger partial charge on any atom is 0.244 e. The lowest BCUT2D eigenvalue weighted by molar-refractivity contribution is -0.121. The summed E-state index contributed by atoms with van der Waals surface area (Å²) in [6, 6.07) is 3.66. The van der Waals surface area contributed by atoms with E-state index in [1.807, 2.05) is 0 Å². The van der Waals surface area contributed by atoms with Crippen molar-refractivity contribution in [1.82, 2.24) is 4.31 Å². The number of carbonyl (C=O) groups excluding carboxylic acids is 1. The largest absolute Gasteiger partial charge is 0.370 e. The molecule has 160 valence electrons. The number of nitrogens with two attached hydrogens (primary N) is 1. The predicted octanol–water partition coefficient (Wildman–Crippen LogP) is 3.60. The van der Waals surface area contributed by atoms with Crippen molar-refractivity contribution < 1.29 is 17.6 Å². The first-order valence-electron chi connectivity index (χ1n) is 10.6. The number of primary amides is 1. The molecule has 5 rings (SSSR count). The molecule has 1 amide bonds.